The first kappa shape index (κ1) is 18.0. The molecule has 0 saturated heterocycles. The number of carbonyl (C=O) groups excluding carboxylic acids is 2. The minimum Gasteiger partial charge on any atom is -0.508 e. The average Bonchev–Trinajstić information content (AvgIpc) is 2.99. The number of benzene rings is 1. The van der Waals surface area contributed by atoms with Gasteiger partial charge in [-0.1, -0.05) is 30.0 Å². The van der Waals surface area contributed by atoms with Crippen molar-refractivity contribution >= 4 is 47.3 Å². The maximum absolute atomic E-state index is 12.6. The fraction of sp³-hybridized carbons (Fsp3) is 0.312. The van der Waals surface area contributed by atoms with Crippen molar-refractivity contribution in [1.29, 1.82) is 0 Å². The number of aromatic amines is 1. The first-order valence-corrected chi connectivity index (χ1v) is 9.41. The number of carbonyl (C=O) groups is 2. The zero-order valence-electron chi connectivity index (χ0n) is 13.3. The number of ether oxygens (including phenoxy) is 2. The largest absolute Gasteiger partial charge is 0.508 e. The van der Waals surface area contributed by atoms with Crippen molar-refractivity contribution in [3.8, 4) is 5.75 Å². The van der Waals surface area contributed by atoms with E-state index in [1.165, 1.54) is 37.3 Å². The molecule has 0 aliphatic carbocycles. The predicted molar refractivity (Wildman–Crippen MR) is 96.6 cm³/mol. The van der Waals surface area contributed by atoms with Gasteiger partial charge in [0.1, 0.15) is 11.0 Å². The average molecular weight is 397 g/mol. The standard InChI is InChI=1S/C16H15NO5S3/c1-21-14(19)10-9(7-5-3-4-6-8(7)18)11-13(17-16(23)25-11)24-12(10)15(20)22-2/h3-6,9-10,12,18H,1-2H3,(H,17,23). The van der Waals surface area contributed by atoms with Crippen LogP contribution in [-0.2, 0) is 19.1 Å². The van der Waals surface area contributed by atoms with E-state index in [9.17, 15) is 14.7 Å². The lowest BCUT2D eigenvalue weighted by Gasteiger charge is -2.34. The molecule has 1 aromatic carbocycles. The summed E-state index contributed by atoms with van der Waals surface area (Å²) in [5, 5.41) is 10.2. The van der Waals surface area contributed by atoms with Crippen LogP contribution in [0.3, 0.4) is 0 Å². The van der Waals surface area contributed by atoms with Gasteiger partial charge < -0.3 is 19.6 Å². The van der Waals surface area contributed by atoms with Crippen LogP contribution in [0.25, 0.3) is 0 Å². The molecule has 1 aliphatic rings. The predicted octanol–water partition coefficient (Wildman–Crippen LogP) is 3.08. The number of fused-ring (bicyclic) bond motifs is 1. The normalized spacial score (nSPS) is 22.1. The van der Waals surface area contributed by atoms with Crippen LogP contribution in [0.5, 0.6) is 5.75 Å². The lowest BCUT2D eigenvalue weighted by Crippen LogP contribution is -2.40. The van der Waals surface area contributed by atoms with E-state index in [1.54, 1.807) is 24.3 Å². The van der Waals surface area contributed by atoms with Crippen molar-refractivity contribution in [3.05, 3.63) is 38.7 Å². The van der Waals surface area contributed by atoms with Gasteiger partial charge in [0.05, 0.1) is 25.2 Å². The van der Waals surface area contributed by atoms with Gasteiger partial charge in [0, 0.05) is 16.4 Å². The summed E-state index contributed by atoms with van der Waals surface area (Å²) in [6.45, 7) is 0. The van der Waals surface area contributed by atoms with E-state index in [0.717, 1.165) is 4.88 Å². The van der Waals surface area contributed by atoms with E-state index >= 15 is 0 Å². The summed E-state index contributed by atoms with van der Waals surface area (Å²) in [7, 11) is 2.55. The minimum atomic E-state index is -0.843. The molecule has 0 bridgehead atoms. The maximum Gasteiger partial charge on any atom is 0.320 e. The molecule has 25 heavy (non-hydrogen) atoms. The number of aromatic nitrogens is 1. The Morgan fingerprint density at radius 1 is 1.20 bits per heavy atom. The second-order valence-corrected chi connectivity index (χ2v) is 8.23. The fourth-order valence-corrected chi connectivity index (χ4v) is 5.88. The molecule has 0 saturated carbocycles. The third-order valence-corrected chi connectivity index (χ3v) is 6.78. The molecule has 2 heterocycles. The van der Waals surface area contributed by atoms with Gasteiger partial charge in [0.25, 0.3) is 0 Å². The van der Waals surface area contributed by atoms with E-state index in [2.05, 4.69) is 4.98 Å². The summed E-state index contributed by atoms with van der Waals surface area (Å²) in [5.41, 5.74) is 0.540. The number of phenolic OH excluding ortho intramolecular Hbond substituents is 1. The Morgan fingerprint density at radius 3 is 2.52 bits per heavy atom. The van der Waals surface area contributed by atoms with E-state index in [0.29, 0.717) is 14.5 Å². The van der Waals surface area contributed by atoms with Crippen LogP contribution < -0.4 is 0 Å². The molecule has 2 aromatic rings. The van der Waals surface area contributed by atoms with Crippen molar-refractivity contribution in [2.24, 2.45) is 5.92 Å². The van der Waals surface area contributed by atoms with Crippen LogP contribution in [0.4, 0.5) is 0 Å². The van der Waals surface area contributed by atoms with Gasteiger partial charge in [-0.2, -0.15) is 0 Å². The highest BCUT2D eigenvalue weighted by atomic mass is 32.2. The molecule has 0 spiro atoms. The number of phenols is 1. The molecule has 6 nitrogen and oxygen atoms in total. The Kier molecular flexibility index (Phi) is 5.16. The van der Waals surface area contributed by atoms with Crippen molar-refractivity contribution in [1.82, 2.24) is 4.98 Å². The van der Waals surface area contributed by atoms with Crippen LogP contribution >= 0.6 is 35.3 Å². The number of aromatic hydroxyl groups is 1. The molecular formula is C16H15NO5S3. The van der Waals surface area contributed by atoms with E-state index in [-0.39, 0.29) is 5.75 Å². The lowest BCUT2D eigenvalue weighted by molar-refractivity contribution is -0.151. The number of thiazole rings is 1. The number of nitrogens with one attached hydrogen (secondary N) is 1. The zero-order valence-corrected chi connectivity index (χ0v) is 15.8. The van der Waals surface area contributed by atoms with Gasteiger partial charge in [-0.3, -0.25) is 9.59 Å². The summed E-state index contributed by atoms with van der Waals surface area (Å²) in [4.78, 5) is 28.7. The van der Waals surface area contributed by atoms with E-state index in [4.69, 9.17) is 21.7 Å². The van der Waals surface area contributed by atoms with Crippen LogP contribution in [0.2, 0.25) is 0 Å². The maximum atomic E-state index is 12.6. The second-order valence-electron chi connectivity index (χ2n) is 5.35. The van der Waals surface area contributed by atoms with Crippen LogP contribution in [0.15, 0.2) is 29.3 Å². The molecule has 0 fully saturated rings. The minimum absolute atomic E-state index is 0.0437. The highest BCUT2D eigenvalue weighted by molar-refractivity contribution is 8.00. The number of hydrogen-bond acceptors (Lipinski definition) is 8. The van der Waals surface area contributed by atoms with Gasteiger partial charge >= 0.3 is 11.9 Å². The Hall–Kier alpha value is -1.84. The number of thioether (sulfide) groups is 1. The molecular weight excluding hydrogens is 382 g/mol. The molecule has 3 unspecified atom stereocenters. The van der Waals surface area contributed by atoms with Crippen LogP contribution in [0, 0.1) is 9.87 Å². The number of H-pyrrole nitrogens is 1. The second kappa shape index (κ2) is 7.19. The summed E-state index contributed by atoms with van der Waals surface area (Å²) in [5.74, 6) is -2.43. The summed E-state index contributed by atoms with van der Waals surface area (Å²) < 4.78 is 10.4. The monoisotopic (exact) mass is 397 g/mol. The Balaban J connectivity index is 2.24. The fourth-order valence-electron chi connectivity index (χ4n) is 2.95. The molecule has 132 valence electrons. The molecule has 3 atom stereocenters. The summed E-state index contributed by atoms with van der Waals surface area (Å²) in [6, 6.07) is 6.74. The smallest absolute Gasteiger partial charge is 0.320 e. The van der Waals surface area contributed by atoms with Gasteiger partial charge in [-0.25, -0.2) is 0 Å². The number of esters is 2. The highest BCUT2D eigenvalue weighted by Crippen LogP contribution is 2.52. The zero-order chi connectivity index (χ0) is 18.1. The Bertz CT molecular complexity index is 875. The number of para-hydroxylation sites is 1. The van der Waals surface area contributed by atoms with Gasteiger partial charge in [0.15, 0.2) is 3.95 Å². The summed E-state index contributed by atoms with van der Waals surface area (Å²) in [6.07, 6.45) is 0. The van der Waals surface area contributed by atoms with Gasteiger partial charge in [0.2, 0.25) is 0 Å². The first-order chi connectivity index (χ1) is 12.0. The van der Waals surface area contributed by atoms with Crippen LogP contribution in [-0.4, -0.2) is 41.5 Å². The quantitative estimate of drug-likeness (QED) is 0.608. The molecule has 3 rings (SSSR count). The third kappa shape index (κ3) is 3.19. The van der Waals surface area contributed by atoms with Crippen molar-refractivity contribution in [2.75, 3.05) is 14.2 Å². The van der Waals surface area contributed by atoms with E-state index < -0.39 is 29.0 Å². The third-order valence-electron chi connectivity index (χ3n) is 4.03. The van der Waals surface area contributed by atoms with Crippen molar-refractivity contribution < 1.29 is 24.2 Å². The van der Waals surface area contributed by atoms with Gasteiger partial charge in [-0.05, 0) is 18.3 Å². The topological polar surface area (TPSA) is 88.6 Å². The van der Waals surface area contributed by atoms with Crippen molar-refractivity contribution in [3.63, 3.8) is 0 Å². The highest BCUT2D eigenvalue weighted by Gasteiger charge is 2.49. The number of hydrogen-bond donors (Lipinski definition) is 2. The van der Waals surface area contributed by atoms with Crippen LogP contribution in [0.1, 0.15) is 16.4 Å². The molecule has 1 aromatic heterocycles. The lowest BCUT2D eigenvalue weighted by atomic mass is 9.81. The summed E-state index contributed by atoms with van der Waals surface area (Å²) >= 11 is 7.76. The molecule has 9 heteroatoms. The Morgan fingerprint density at radius 2 is 1.88 bits per heavy atom. The number of methoxy groups -OCH3 is 2. The van der Waals surface area contributed by atoms with Crippen molar-refractivity contribution in [2.45, 2.75) is 16.2 Å². The molecule has 0 radical (unpaired) electrons. The molecule has 2 N–H and O–H groups in total. The molecule has 0 amide bonds. The van der Waals surface area contributed by atoms with Gasteiger partial charge in [-0.15, -0.1) is 11.3 Å². The number of rotatable bonds is 3. The molecule has 1 aliphatic heterocycles. The van der Waals surface area contributed by atoms with E-state index in [1.807, 2.05) is 0 Å². The SMILES string of the molecule is COC(=O)C1Sc2[nH]c(=S)sc2C(c2ccccc2O)C1C(=O)OC. The first-order valence-electron chi connectivity index (χ1n) is 7.31. The Labute approximate surface area is 157 Å².